The van der Waals surface area contributed by atoms with E-state index in [9.17, 15) is 13.2 Å². The Morgan fingerprint density at radius 2 is 2.09 bits per heavy atom. The van der Waals surface area contributed by atoms with Crippen LogP contribution in [0.1, 0.15) is 19.4 Å². The number of halogens is 1. The third-order valence-electron chi connectivity index (χ3n) is 3.76. The maximum atomic E-state index is 12.2. The van der Waals surface area contributed by atoms with Gasteiger partial charge in [0.1, 0.15) is 17.3 Å². The zero-order valence-corrected chi connectivity index (χ0v) is 13.8. The van der Waals surface area contributed by atoms with Crippen LogP contribution in [0.3, 0.4) is 0 Å². The molecule has 1 fully saturated rings. The van der Waals surface area contributed by atoms with Gasteiger partial charge in [0.25, 0.3) is 5.91 Å². The second-order valence-corrected chi connectivity index (χ2v) is 8.54. The van der Waals surface area contributed by atoms with Crippen molar-refractivity contribution in [3.63, 3.8) is 0 Å². The van der Waals surface area contributed by atoms with Crippen LogP contribution in [0.5, 0.6) is 5.75 Å². The van der Waals surface area contributed by atoms with Crippen molar-refractivity contribution in [3.05, 3.63) is 22.7 Å². The summed E-state index contributed by atoms with van der Waals surface area (Å²) >= 11 is 6.17. The first-order valence-corrected chi connectivity index (χ1v) is 8.87. The monoisotopic (exact) mass is 345 g/mol. The molecule has 3 rings (SSSR count). The molecule has 2 heterocycles. The summed E-state index contributed by atoms with van der Waals surface area (Å²) in [6.45, 7) is 4.18. The number of carbonyl (C=O) groups is 1. The molecule has 1 amide bonds. The summed E-state index contributed by atoms with van der Waals surface area (Å²) in [6, 6.07) is 2.95. The van der Waals surface area contributed by atoms with Gasteiger partial charge in [-0.15, -0.1) is 0 Å². The number of hydrogen-bond acceptors (Lipinski definition) is 5. The van der Waals surface area contributed by atoms with E-state index in [2.05, 4.69) is 0 Å². The molecule has 0 radical (unpaired) electrons. The van der Waals surface area contributed by atoms with Crippen LogP contribution in [0, 0.1) is 5.41 Å². The second kappa shape index (κ2) is 5.11. The SMILES string of the molecule is CC1(C)CON(Cc2cc3c(cc2Cl)S(=O)(=O)CCO3)C1=O. The molecule has 2 aliphatic heterocycles. The average Bonchev–Trinajstić information content (AvgIpc) is 2.67. The Morgan fingerprint density at radius 1 is 1.36 bits per heavy atom. The van der Waals surface area contributed by atoms with Crippen LogP contribution in [0.25, 0.3) is 0 Å². The lowest BCUT2D eigenvalue weighted by Crippen LogP contribution is -2.30. The van der Waals surface area contributed by atoms with Gasteiger partial charge in [0, 0.05) is 5.02 Å². The zero-order valence-electron chi connectivity index (χ0n) is 12.3. The largest absolute Gasteiger partial charge is 0.491 e. The molecular weight excluding hydrogens is 330 g/mol. The lowest BCUT2D eigenvalue weighted by atomic mass is 9.95. The van der Waals surface area contributed by atoms with E-state index in [1.807, 2.05) is 0 Å². The van der Waals surface area contributed by atoms with E-state index in [4.69, 9.17) is 21.2 Å². The summed E-state index contributed by atoms with van der Waals surface area (Å²) in [5, 5.41) is 1.53. The van der Waals surface area contributed by atoms with Crippen molar-refractivity contribution in [2.75, 3.05) is 19.0 Å². The number of ether oxygens (including phenoxy) is 1. The number of nitrogens with zero attached hydrogens (tertiary/aromatic N) is 1. The van der Waals surface area contributed by atoms with Crippen molar-refractivity contribution in [1.82, 2.24) is 5.06 Å². The number of fused-ring (bicyclic) bond motifs is 1. The molecule has 1 saturated heterocycles. The molecule has 22 heavy (non-hydrogen) atoms. The van der Waals surface area contributed by atoms with Crippen molar-refractivity contribution < 1.29 is 22.8 Å². The second-order valence-electron chi connectivity index (χ2n) is 6.06. The van der Waals surface area contributed by atoms with Crippen molar-refractivity contribution in [1.29, 1.82) is 0 Å². The van der Waals surface area contributed by atoms with E-state index in [0.717, 1.165) is 0 Å². The molecule has 0 N–H and O–H groups in total. The van der Waals surface area contributed by atoms with Crippen LogP contribution in [0.15, 0.2) is 17.0 Å². The third-order valence-corrected chi connectivity index (χ3v) is 5.80. The predicted molar refractivity (Wildman–Crippen MR) is 79.3 cm³/mol. The van der Waals surface area contributed by atoms with E-state index < -0.39 is 15.3 Å². The van der Waals surface area contributed by atoms with Gasteiger partial charge in [-0.2, -0.15) is 0 Å². The summed E-state index contributed by atoms with van der Waals surface area (Å²) < 4.78 is 29.4. The standard InChI is InChI=1S/C14H16ClNO5S/c1-14(2)8-21-16(13(14)17)7-9-5-11-12(6-10(9)15)22(18,19)4-3-20-11/h5-6H,3-4,7-8H2,1-2H3. The number of benzene rings is 1. The molecule has 0 atom stereocenters. The Bertz CT molecular complexity index is 744. The molecule has 8 heteroatoms. The quantitative estimate of drug-likeness (QED) is 0.817. The number of hydrogen-bond donors (Lipinski definition) is 0. The van der Waals surface area contributed by atoms with Gasteiger partial charge < -0.3 is 4.74 Å². The summed E-state index contributed by atoms with van der Waals surface area (Å²) in [6.07, 6.45) is 0. The lowest BCUT2D eigenvalue weighted by Gasteiger charge is -2.21. The van der Waals surface area contributed by atoms with Gasteiger partial charge in [0.2, 0.25) is 0 Å². The molecule has 0 unspecified atom stereocenters. The molecule has 0 spiro atoms. The van der Waals surface area contributed by atoms with Crippen LogP contribution in [0.2, 0.25) is 5.02 Å². The molecule has 120 valence electrons. The number of hydroxylamine groups is 2. The Labute approximate surface area is 133 Å². The topological polar surface area (TPSA) is 72.9 Å². The number of carbonyl (C=O) groups excluding carboxylic acids is 1. The van der Waals surface area contributed by atoms with Gasteiger partial charge >= 0.3 is 0 Å². The van der Waals surface area contributed by atoms with Crippen LogP contribution in [-0.2, 0) is 26.0 Å². The van der Waals surface area contributed by atoms with Crippen LogP contribution >= 0.6 is 11.6 Å². The van der Waals surface area contributed by atoms with Crippen molar-refractivity contribution in [3.8, 4) is 5.75 Å². The molecule has 2 aliphatic rings. The fraction of sp³-hybridized carbons (Fsp3) is 0.500. The minimum absolute atomic E-state index is 0.0579. The van der Waals surface area contributed by atoms with Gasteiger partial charge in [-0.1, -0.05) is 11.6 Å². The first-order valence-electron chi connectivity index (χ1n) is 6.83. The summed E-state index contributed by atoms with van der Waals surface area (Å²) in [7, 11) is -3.36. The summed E-state index contributed by atoms with van der Waals surface area (Å²) in [5.41, 5.74) is 0.0177. The van der Waals surface area contributed by atoms with E-state index in [-0.39, 0.29) is 40.5 Å². The molecule has 1 aromatic rings. The van der Waals surface area contributed by atoms with E-state index >= 15 is 0 Å². The fourth-order valence-electron chi connectivity index (χ4n) is 2.39. The highest BCUT2D eigenvalue weighted by Crippen LogP contribution is 2.36. The number of sulfone groups is 1. The third kappa shape index (κ3) is 2.57. The van der Waals surface area contributed by atoms with Crippen molar-refractivity contribution in [2.24, 2.45) is 5.41 Å². The van der Waals surface area contributed by atoms with Crippen LogP contribution < -0.4 is 4.74 Å². The first-order chi connectivity index (χ1) is 10.2. The van der Waals surface area contributed by atoms with Gasteiger partial charge in [-0.3, -0.25) is 9.63 Å². The molecule has 0 aliphatic carbocycles. The first kappa shape index (κ1) is 15.6. The molecule has 0 bridgehead atoms. The van der Waals surface area contributed by atoms with Crippen LogP contribution in [-0.4, -0.2) is 38.4 Å². The number of amides is 1. The summed E-state index contributed by atoms with van der Waals surface area (Å²) in [4.78, 5) is 17.7. The molecule has 0 saturated carbocycles. The zero-order chi connectivity index (χ0) is 16.1. The van der Waals surface area contributed by atoms with E-state index in [1.54, 1.807) is 19.9 Å². The smallest absolute Gasteiger partial charge is 0.254 e. The van der Waals surface area contributed by atoms with Crippen molar-refractivity contribution in [2.45, 2.75) is 25.3 Å². The van der Waals surface area contributed by atoms with E-state index in [0.29, 0.717) is 12.2 Å². The van der Waals surface area contributed by atoms with E-state index in [1.165, 1.54) is 11.1 Å². The van der Waals surface area contributed by atoms with Gasteiger partial charge in [-0.25, -0.2) is 13.5 Å². The summed E-state index contributed by atoms with van der Waals surface area (Å²) in [5.74, 6) is 0.0869. The highest BCUT2D eigenvalue weighted by Gasteiger charge is 2.40. The minimum Gasteiger partial charge on any atom is -0.491 e. The Kier molecular flexibility index (Phi) is 3.62. The average molecular weight is 346 g/mol. The Morgan fingerprint density at radius 3 is 2.73 bits per heavy atom. The highest BCUT2D eigenvalue weighted by atomic mass is 35.5. The molecular formula is C14H16ClNO5S. The molecule has 6 nitrogen and oxygen atoms in total. The molecule has 0 aromatic heterocycles. The van der Waals surface area contributed by atoms with Gasteiger partial charge in [0.15, 0.2) is 9.84 Å². The predicted octanol–water partition coefficient (Wildman–Crippen LogP) is 1.81. The maximum Gasteiger partial charge on any atom is 0.254 e. The minimum atomic E-state index is -3.36. The van der Waals surface area contributed by atoms with Gasteiger partial charge in [-0.05, 0) is 31.5 Å². The van der Waals surface area contributed by atoms with Crippen molar-refractivity contribution >= 4 is 27.3 Å². The molecule has 1 aromatic carbocycles. The maximum absolute atomic E-state index is 12.2. The highest BCUT2D eigenvalue weighted by molar-refractivity contribution is 7.91. The lowest BCUT2D eigenvalue weighted by molar-refractivity contribution is -0.165. The Hall–Kier alpha value is -1.31. The number of rotatable bonds is 2. The van der Waals surface area contributed by atoms with Gasteiger partial charge in [0.05, 0.1) is 24.3 Å². The van der Waals surface area contributed by atoms with Crippen LogP contribution in [0.4, 0.5) is 0 Å². The Balaban J connectivity index is 1.92. The normalized spacial score (nSPS) is 22.3. The fourth-order valence-corrected chi connectivity index (χ4v) is 3.93.